The highest BCUT2D eigenvalue weighted by Gasteiger charge is 2.15. The van der Waals surface area contributed by atoms with Crippen molar-refractivity contribution < 1.29 is 0 Å². The van der Waals surface area contributed by atoms with Gasteiger partial charge >= 0.3 is 0 Å². The molecule has 0 unspecified atom stereocenters. The van der Waals surface area contributed by atoms with Crippen molar-refractivity contribution in [3.05, 3.63) is 70.3 Å². The van der Waals surface area contributed by atoms with Crippen LogP contribution in [0.1, 0.15) is 26.3 Å². The quantitative estimate of drug-likeness (QED) is 0.401. The number of pyridine rings is 1. The van der Waals surface area contributed by atoms with Crippen LogP contribution in [0.2, 0.25) is 10.0 Å². The van der Waals surface area contributed by atoms with Crippen molar-refractivity contribution in [2.75, 3.05) is 0 Å². The second-order valence-corrected chi connectivity index (χ2v) is 8.47. The molecule has 0 saturated carbocycles. The minimum Gasteiger partial charge on any atom is -0.338 e. The molecule has 0 bridgehead atoms. The summed E-state index contributed by atoms with van der Waals surface area (Å²) in [5, 5.41) is 1.06. The lowest BCUT2D eigenvalue weighted by Gasteiger charge is -2.18. The molecule has 4 rings (SSSR count). The second kappa shape index (κ2) is 6.66. The first-order valence-electron chi connectivity index (χ1n) is 8.73. The molecule has 2 heterocycles. The Kier molecular flexibility index (Phi) is 4.45. The molecule has 4 aromatic rings. The van der Waals surface area contributed by atoms with Gasteiger partial charge in [0.15, 0.2) is 0 Å². The first-order chi connectivity index (χ1) is 12.8. The topological polar surface area (TPSA) is 41.6 Å². The fourth-order valence-corrected chi connectivity index (χ4v) is 3.52. The Hall–Kier alpha value is -2.36. The van der Waals surface area contributed by atoms with Crippen LogP contribution in [0, 0.1) is 0 Å². The van der Waals surface area contributed by atoms with Gasteiger partial charge in [-0.1, -0.05) is 74.3 Å². The monoisotopic (exact) mass is 395 g/mol. The number of H-pyrrole nitrogens is 1. The maximum atomic E-state index is 6.26. The van der Waals surface area contributed by atoms with Gasteiger partial charge in [0, 0.05) is 17.3 Å². The maximum Gasteiger partial charge on any atom is 0.138 e. The van der Waals surface area contributed by atoms with Crippen molar-refractivity contribution in [3.63, 3.8) is 0 Å². The smallest absolute Gasteiger partial charge is 0.138 e. The van der Waals surface area contributed by atoms with Crippen LogP contribution >= 0.6 is 23.2 Å². The van der Waals surface area contributed by atoms with Crippen LogP contribution in [0.3, 0.4) is 0 Å². The fraction of sp³-hybridized carbons (Fsp3) is 0.182. The summed E-state index contributed by atoms with van der Waals surface area (Å²) in [6.07, 6.45) is 1.60. The Morgan fingerprint density at radius 2 is 1.59 bits per heavy atom. The van der Waals surface area contributed by atoms with E-state index in [4.69, 9.17) is 28.2 Å². The van der Waals surface area contributed by atoms with Crippen molar-refractivity contribution >= 4 is 34.2 Å². The van der Waals surface area contributed by atoms with Crippen LogP contribution in [0.25, 0.3) is 33.7 Å². The van der Waals surface area contributed by atoms with Crippen molar-refractivity contribution in [1.29, 1.82) is 0 Å². The molecule has 0 amide bonds. The molecule has 0 aliphatic rings. The van der Waals surface area contributed by atoms with E-state index in [-0.39, 0.29) is 5.41 Å². The highest BCUT2D eigenvalue weighted by atomic mass is 35.5. The van der Waals surface area contributed by atoms with Gasteiger partial charge in [-0.05, 0) is 29.2 Å². The number of hydrogen-bond donors (Lipinski definition) is 1. The molecule has 0 aliphatic carbocycles. The Bertz CT molecular complexity index is 1120. The lowest BCUT2D eigenvalue weighted by atomic mass is 9.87. The predicted octanol–water partition coefficient (Wildman–Crippen LogP) is 6.90. The van der Waals surface area contributed by atoms with Gasteiger partial charge in [0.25, 0.3) is 0 Å². The third-order valence-electron chi connectivity index (χ3n) is 4.59. The SMILES string of the molecule is CC(C)(C)c1ccc2nc(-c3ccc(-c4ncc(Cl)cc4Cl)cc3)[nH]c2c1. The average molecular weight is 396 g/mol. The normalized spacial score (nSPS) is 11.9. The summed E-state index contributed by atoms with van der Waals surface area (Å²) < 4.78 is 0. The van der Waals surface area contributed by atoms with E-state index in [1.807, 2.05) is 24.3 Å². The molecule has 0 fully saturated rings. The van der Waals surface area contributed by atoms with E-state index in [0.29, 0.717) is 15.7 Å². The van der Waals surface area contributed by atoms with Gasteiger partial charge in [0.2, 0.25) is 0 Å². The van der Waals surface area contributed by atoms with Crippen LogP contribution in [-0.2, 0) is 5.41 Å². The van der Waals surface area contributed by atoms with E-state index in [2.05, 4.69) is 48.9 Å². The van der Waals surface area contributed by atoms with Crippen LogP contribution in [0.15, 0.2) is 54.7 Å². The lowest BCUT2D eigenvalue weighted by Crippen LogP contribution is -2.10. The van der Waals surface area contributed by atoms with Crippen molar-refractivity contribution in [2.45, 2.75) is 26.2 Å². The molecule has 2 aromatic heterocycles. The van der Waals surface area contributed by atoms with Gasteiger partial charge < -0.3 is 4.98 Å². The van der Waals surface area contributed by atoms with Gasteiger partial charge in [-0.15, -0.1) is 0 Å². The molecular formula is C22H19Cl2N3. The summed E-state index contributed by atoms with van der Waals surface area (Å²) in [5.41, 5.74) is 6.06. The summed E-state index contributed by atoms with van der Waals surface area (Å²) >= 11 is 12.2. The van der Waals surface area contributed by atoms with E-state index in [9.17, 15) is 0 Å². The van der Waals surface area contributed by atoms with E-state index in [0.717, 1.165) is 28.0 Å². The highest BCUT2D eigenvalue weighted by Crippen LogP contribution is 2.30. The molecular weight excluding hydrogens is 377 g/mol. The highest BCUT2D eigenvalue weighted by molar-refractivity contribution is 6.36. The van der Waals surface area contributed by atoms with Crippen LogP contribution in [0.4, 0.5) is 0 Å². The zero-order valence-corrected chi connectivity index (χ0v) is 16.9. The van der Waals surface area contributed by atoms with E-state index < -0.39 is 0 Å². The molecule has 0 aliphatic heterocycles. The molecule has 0 atom stereocenters. The van der Waals surface area contributed by atoms with Gasteiger partial charge in [-0.25, -0.2) is 4.98 Å². The third-order valence-corrected chi connectivity index (χ3v) is 5.08. The number of imidazole rings is 1. The van der Waals surface area contributed by atoms with E-state index in [1.165, 1.54) is 5.56 Å². The number of halogens is 2. The molecule has 136 valence electrons. The van der Waals surface area contributed by atoms with Crippen LogP contribution in [0.5, 0.6) is 0 Å². The van der Waals surface area contributed by atoms with Crippen LogP contribution < -0.4 is 0 Å². The number of rotatable bonds is 2. The molecule has 0 spiro atoms. The average Bonchev–Trinajstić information content (AvgIpc) is 3.04. The van der Waals surface area contributed by atoms with Gasteiger partial charge in [0.1, 0.15) is 5.82 Å². The summed E-state index contributed by atoms with van der Waals surface area (Å²) in [5.74, 6) is 0.845. The Morgan fingerprint density at radius 3 is 2.26 bits per heavy atom. The van der Waals surface area contributed by atoms with Gasteiger partial charge in [-0.3, -0.25) is 4.98 Å². The largest absolute Gasteiger partial charge is 0.338 e. The Morgan fingerprint density at radius 1 is 0.889 bits per heavy atom. The first-order valence-corrected chi connectivity index (χ1v) is 9.49. The molecule has 3 nitrogen and oxygen atoms in total. The summed E-state index contributed by atoms with van der Waals surface area (Å²) in [6, 6.07) is 16.1. The van der Waals surface area contributed by atoms with Crippen LogP contribution in [-0.4, -0.2) is 15.0 Å². The zero-order valence-electron chi connectivity index (χ0n) is 15.3. The number of fused-ring (bicyclic) bond motifs is 1. The summed E-state index contributed by atoms with van der Waals surface area (Å²) in [6.45, 7) is 6.63. The summed E-state index contributed by atoms with van der Waals surface area (Å²) in [4.78, 5) is 12.5. The Balaban J connectivity index is 1.69. The molecule has 5 heteroatoms. The molecule has 1 N–H and O–H groups in total. The Labute approximate surface area is 168 Å². The predicted molar refractivity (Wildman–Crippen MR) is 113 cm³/mol. The zero-order chi connectivity index (χ0) is 19.2. The van der Waals surface area contributed by atoms with Gasteiger partial charge in [-0.2, -0.15) is 0 Å². The number of aromatic nitrogens is 3. The minimum atomic E-state index is 0.103. The first kappa shape index (κ1) is 18.0. The molecule has 0 radical (unpaired) electrons. The number of aromatic amines is 1. The van der Waals surface area contributed by atoms with E-state index >= 15 is 0 Å². The second-order valence-electron chi connectivity index (χ2n) is 7.63. The molecule has 2 aromatic carbocycles. The number of nitrogens with zero attached hydrogens (tertiary/aromatic N) is 2. The van der Waals surface area contributed by atoms with Crippen molar-refractivity contribution in [3.8, 4) is 22.6 Å². The van der Waals surface area contributed by atoms with Gasteiger partial charge in [0.05, 0.1) is 26.8 Å². The minimum absolute atomic E-state index is 0.103. The van der Waals surface area contributed by atoms with Crippen molar-refractivity contribution in [1.82, 2.24) is 15.0 Å². The molecule has 27 heavy (non-hydrogen) atoms. The number of nitrogens with one attached hydrogen (secondary N) is 1. The third kappa shape index (κ3) is 3.58. The van der Waals surface area contributed by atoms with Crippen molar-refractivity contribution in [2.24, 2.45) is 0 Å². The van der Waals surface area contributed by atoms with E-state index in [1.54, 1.807) is 12.3 Å². The standard InChI is InChI=1S/C22H19Cl2N3/c1-22(2,3)15-8-9-18-19(10-15)27-21(26-18)14-6-4-13(5-7-14)20-17(24)11-16(23)12-25-20/h4-12H,1-3H3,(H,26,27). The lowest BCUT2D eigenvalue weighted by molar-refractivity contribution is 0.591. The maximum absolute atomic E-state index is 6.26. The number of benzene rings is 2. The summed E-state index contributed by atoms with van der Waals surface area (Å²) in [7, 11) is 0. The fourth-order valence-electron chi connectivity index (χ4n) is 3.03. The number of hydrogen-bond acceptors (Lipinski definition) is 2. The molecule has 0 saturated heterocycles.